The van der Waals surface area contributed by atoms with E-state index in [1.165, 1.54) is 5.69 Å². The largest absolute Gasteiger partial charge is 0.369 e. The summed E-state index contributed by atoms with van der Waals surface area (Å²) in [6.45, 7) is 6.37. The first-order valence-electron chi connectivity index (χ1n) is 7.36. The van der Waals surface area contributed by atoms with Crippen molar-refractivity contribution in [3.05, 3.63) is 41.9 Å². The van der Waals surface area contributed by atoms with Gasteiger partial charge in [0.05, 0.1) is 0 Å². The summed E-state index contributed by atoms with van der Waals surface area (Å²) in [5, 5.41) is 4.93. The van der Waals surface area contributed by atoms with Gasteiger partial charge in [0.2, 0.25) is 0 Å². The summed E-state index contributed by atoms with van der Waals surface area (Å²) in [5.74, 6) is 0. The second-order valence-corrected chi connectivity index (χ2v) is 5.76. The monoisotopic (exact) mass is 305 g/mol. The Hall–Kier alpha value is -1.59. The highest BCUT2D eigenvalue weighted by Gasteiger charge is 2.16. The summed E-state index contributed by atoms with van der Waals surface area (Å²) in [6.07, 6.45) is 4.47. The molecule has 0 atom stereocenters. The van der Waals surface area contributed by atoms with Crippen molar-refractivity contribution >= 4 is 17.3 Å². The molecule has 1 fully saturated rings. The van der Waals surface area contributed by atoms with Crippen molar-refractivity contribution in [1.82, 2.24) is 19.7 Å². The molecule has 2 heterocycles. The summed E-state index contributed by atoms with van der Waals surface area (Å²) in [5.41, 5.74) is 1.23. The molecular weight excluding hydrogens is 286 g/mol. The fourth-order valence-corrected chi connectivity index (χ4v) is 2.89. The molecule has 21 heavy (non-hydrogen) atoms. The minimum absolute atomic E-state index is 0.808. The molecule has 0 radical (unpaired) electrons. The number of anilines is 1. The maximum absolute atomic E-state index is 6.06. The van der Waals surface area contributed by atoms with Crippen molar-refractivity contribution in [2.45, 2.75) is 13.0 Å². The molecule has 0 aliphatic carbocycles. The van der Waals surface area contributed by atoms with E-state index >= 15 is 0 Å². The molecule has 1 saturated heterocycles. The first-order valence-corrected chi connectivity index (χ1v) is 7.74. The molecule has 6 heteroatoms. The van der Waals surface area contributed by atoms with Crippen LogP contribution in [0.15, 0.2) is 36.9 Å². The first-order chi connectivity index (χ1) is 10.3. The van der Waals surface area contributed by atoms with Crippen LogP contribution in [0.4, 0.5) is 5.69 Å². The Kier molecular flexibility index (Phi) is 4.72. The van der Waals surface area contributed by atoms with Crippen LogP contribution in [0.2, 0.25) is 5.02 Å². The molecule has 112 valence electrons. The summed E-state index contributed by atoms with van der Waals surface area (Å²) in [4.78, 5) is 8.87. The van der Waals surface area contributed by atoms with Gasteiger partial charge >= 0.3 is 0 Å². The van der Waals surface area contributed by atoms with Gasteiger partial charge in [0, 0.05) is 50.0 Å². The predicted octanol–water partition coefficient (Wildman–Crippen LogP) is 2.14. The molecule has 1 aliphatic rings. The summed E-state index contributed by atoms with van der Waals surface area (Å²) < 4.78 is 1.89. The van der Waals surface area contributed by atoms with Crippen molar-refractivity contribution in [3.8, 4) is 0 Å². The van der Waals surface area contributed by atoms with Gasteiger partial charge in [0.15, 0.2) is 0 Å². The van der Waals surface area contributed by atoms with Gasteiger partial charge in [-0.1, -0.05) is 17.7 Å². The lowest BCUT2D eigenvalue weighted by molar-refractivity contribution is 0.249. The van der Waals surface area contributed by atoms with E-state index < -0.39 is 0 Å². The number of halogens is 1. The Morgan fingerprint density at radius 2 is 1.95 bits per heavy atom. The molecule has 1 aromatic carbocycles. The van der Waals surface area contributed by atoms with E-state index in [-0.39, 0.29) is 0 Å². The van der Waals surface area contributed by atoms with E-state index in [4.69, 9.17) is 11.6 Å². The number of nitrogens with zero attached hydrogens (tertiary/aromatic N) is 5. The van der Waals surface area contributed by atoms with Crippen LogP contribution in [0.1, 0.15) is 6.42 Å². The van der Waals surface area contributed by atoms with Gasteiger partial charge in [-0.05, 0) is 24.6 Å². The number of aryl methyl sites for hydroxylation is 1. The third-order valence-electron chi connectivity index (χ3n) is 3.87. The highest BCUT2D eigenvalue weighted by molar-refractivity contribution is 6.30. The number of benzene rings is 1. The average molecular weight is 306 g/mol. The minimum atomic E-state index is 0.808. The number of hydrogen-bond donors (Lipinski definition) is 0. The lowest BCUT2D eigenvalue weighted by atomic mass is 10.2. The van der Waals surface area contributed by atoms with Crippen LogP contribution in [0.5, 0.6) is 0 Å². The standard InChI is InChI=1S/C15H20ClN5/c16-14-3-1-4-15(11-14)20-9-7-19(8-10-20)5-2-6-21-13-17-12-18-21/h1,3-4,11-13H,2,5-10H2. The molecule has 3 rings (SSSR count). The number of rotatable bonds is 5. The fraction of sp³-hybridized carbons (Fsp3) is 0.467. The first kappa shape index (κ1) is 14.4. The average Bonchev–Trinajstić information content (AvgIpc) is 3.01. The van der Waals surface area contributed by atoms with Crippen molar-refractivity contribution in [2.75, 3.05) is 37.6 Å². The molecule has 1 aromatic heterocycles. The van der Waals surface area contributed by atoms with E-state index in [1.54, 1.807) is 12.7 Å². The summed E-state index contributed by atoms with van der Waals surface area (Å²) >= 11 is 6.06. The predicted molar refractivity (Wildman–Crippen MR) is 84.7 cm³/mol. The molecule has 0 N–H and O–H groups in total. The third-order valence-corrected chi connectivity index (χ3v) is 4.11. The van der Waals surface area contributed by atoms with Gasteiger partial charge < -0.3 is 4.90 Å². The molecule has 0 bridgehead atoms. The topological polar surface area (TPSA) is 37.2 Å². The molecule has 2 aromatic rings. The van der Waals surface area contributed by atoms with Crippen molar-refractivity contribution in [1.29, 1.82) is 0 Å². The van der Waals surface area contributed by atoms with E-state index in [0.717, 1.165) is 50.7 Å². The smallest absolute Gasteiger partial charge is 0.137 e. The van der Waals surface area contributed by atoms with E-state index in [1.807, 2.05) is 22.9 Å². The molecule has 1 aliphatic heterocycles. The lowest BCUT2D eigenvalue weighted by Crippen LogP contribution is -2.46. The van der Waals surface area contributed by atoms with Crippen LogP contribution in [-0.2, 0) is 6.54 Å². The van der Waals surface area contributed by atoms with E-state index in [2.05, 4.69) is 25.9 Å². The Balaban J connectivity index is 1.42. The van der Waals surface area contributed by atoms with Crippen LogP contribution < -0.4 is 4.90 Å². The summed E-state index contributed by atoms with van der Waals surface area (Å²) in [6, 6.07) is 8.11. The normalized spacial score (nSPS) is 16.3. The van der Waals surface area contributed by atoms with Crippen LogP contribution >= 0.6 is 11.6 Å². The molecular formula is C15H20ClN5. The minimum Gasteiger partial charge on any atom is -0.369 e. The zero-order chi connectivity index (χ0) is 14.5. The Morgan fingerprint density at radius 3 is 2.67 bits per heavy atom. The maximum atomic E-state index is 6.06. The summed E-state index contributed by atoms with van der Waals surface area (Å²) in [7, 11) is 0. The van der Waals surface area contributed by atoms with Gasteiger partial charge in [-0.3, -0.25) is 9.58 Å². The Morgan fingerprint density at radius 1 is 1.10 bits per heavy atom. The molecule has 5 nitrogen and oxygen atoms in total. The van der Waals surface area contributed by atoms with Gasteiger partial charge in [-0.15, -0.1) is 0 Å². The van der Waals surface area contributed by atoms with Gasteiger partial charge in [-0.25, -0.2) is 4.98 Å². The Bertz CT molecular complexity index is 549. The van der Waals surface area contributed by atoms with Crippen molar-refractivity contribution in [3.63, 3.8) is 0 Å². The second-order valence-electron chi connectivity index (χ2n) is 5.32. The van der Waals surface area contributed by atoms with Crippen LogP contribution in [-0.4, -0.2) is 52.4 Å². The van der Waals surface area contributed by atoms with Crippen LogP contribution in [0, 0.1) is 0 Å². The zero-order valence-electron chi connectivity index (χ0n) is 12.0. The molecule has 0 amide bonds. The van der Waals surface area contributed by atoms with Gasteiger partial charge in [0.25, 0.3) is 0 Å². The van der Waals surface area contributed by atoms with E-state index in [0.29, 0.717) is 0 Å². The maximum Gasteiger partial charge on any atom is 0.137 e. The number of piperazine rings is 1. The highest BCUT2D eigenvalue weighted by Crippen LogP contribution is 2.20. The second kappa shape index (κ2) is 6.91. The van der Waals surface area contributed by atoms with Crippen LogP contribution in [0.25, 0.3) is 0 Å². The third kappa shape index (κ3) is 3.95. The zero-order valence-corrected chi connectivity index (χ0v) is 12.8. The number of hydrogen-bond acceptors (Lipinski definition) is 4. The molecule has 0 spiro atoms. The van der Waals surface area contributed by atoms with Crippen LogP contribution in [0.3, 0.4) is 0 Å². The Labute approximate surface area is 130 Å². The van der Waals surface area contributed by atoms with Crippen molar-refractivity contribution < 1.29 is 0 Å². The number of aromatic nitrogens is 3. The lowest BCUT2D eigenvalue weighted by Gasteiger charge is -2.36. The quantitative estimate of drug-likeness (QED) is 0.848. The SMILES string of the molecule is Clc1cccc(N2CCN(CCCn3cncn3)CC2)c1. The van der Waals surface area contributed by atoms with E-state index in [9.17, 15) is 0 Å². The fourth-order valence-electron chi connectivity index (χ4n) is 2.71. The molecule has 0 unspecified atom stereocenters. The van der Waals surface area contributed by atoms with Crippen molar-refractivity contribution in [2.24, 2.45) is 0 Å². The molecule has 0 saturated carbocycles. The highest BCUT2D eigenvalue weighted by atomic mass is 35.5. The van der Waals surface area contributed by atoms with Gasteiger partial charge in [-0.2, -0.15) is 5.10 Å². The van der Waals surface area contributed by atoms with Gasteiger partial charge in [0.1, 0.15) is 12.7 Å².